The van der Waals surface area contributed by atoms with Crippen molar-refractivity contribution in [2.45, 2.75) is 38.1 Å². The molecule has 3 atom stereocenters. The van der Waals surface area contributed by atoms with E-state index in [9.17, 15) is 24.2 Å². The molecule has 1 aliphatic heterocycles. The molecular weight excluding hydrogens is 369 g/mol. The Labute approximate surface area is 163 Å². The van der Waals surface area contributed by atoms with Gasteiger partial charge in [-0.1, -0.05) is 12.2 Å². The predicted molar refractivity (Wildman–Crippen MR) is 103 cm³/mol. The number of nitrogens with one attached hydrogen (secondary N) is 1. The van der Waals surface area contributed by atoms with Crippen molar-refractivity contribution in [3.8, 4) is 0 Å². The van der Waals surface area contributed by atoms with Crippen molar-refractivity contribution in [1.82, 2.24) is 0 Å². The number of aliphatic hydroxyl groups is 3. The van der Waals surface area contributed by atoms with Crippen LogP contribution in [0.2, 0.25) is 0 Å². The highest BCUT2D eigenvalue weighted by Crippen LogP contribution is 2.21. The minimum Gasteiger partial charge on any atom is -0.459 e. The molecule has 0 fully saturated rings. The summed E-state index contributed by atoms with van der Waals surface area (Å²) >= 11 is 0. The Balaban J connectivity index is 0.00000190. The Morgan fingerprint density at radius 1 is 1.18 bits per heavy atom. The summed E-state index contributed by atoms with van der Waals surface area (Å²) in [6, 6.07) is 5.06. The first-order chi connectivity index (χ1) is 13.3. The lowest BCUT2D eigenvalue weighted by Gasteiger charge is -2.16. The molecule has 2 rings (SSSR count). The topological polar surface area (TPSA) is 116 Å². The number of aliphatic hydroxyl groups excluding tert-OH is 3. The fourth-order valence-electron chi connectivity index (χ4n) is 2.49. The fourth-order valence-corrected chi connectivity index (χ4v) is 2.49. The van der Waals surface area contributed by atoms with Crippen molar-refractivity contribution >= 4 is 23.5 Å². The minimum absolute atomic E-state index is 0.0358. The highest BCUT2D eigenvalue weighted by molar-refractivity contribution is 5.97. The molecule has 1 aliphatic rings. The van der Waals surface area contributed by atoms with Crippen LogP contribution in [0.1, 0.15) is 35.7 Å². The van der Waals surface area contributed by atoms with Crippen LogP contribution < -0.4 is 5.32 Å². The lowest BCUT2D eigenvalue weighted by Crippen LogP contribution is -2.34. The van der Waals surface area contributed by atoms with E-state index in [1.54, 1.807) is 38.2 Å². The molecule has 0 aliphatic carbocycles. The Morgan fingerprint density at radius 2 is 1.86 bits per heavy atom. The Morgan fingerprint density at radius 3 is 2.50 bits per heavy atom. The Bertz CT molecular complexity index is 746. The standard InChI is InChI=1S/C19H22FNO5.CH4O/c1-11-6-9-15(20)17(23)18(24)16(22)5-3-4-12-10-13(21-2)7-8-14(12)19(25)26-11;1-2/h3-4,7-11,16,18,21-22,24H,5-6H2,1-2H3;2H,1H3/b4-3+,15-9+;. The first-order valence-electron chi connectivity index (χ1n) is 8.73. The van der Waals surface area contributed by atoms with Crippen LogP contribution in [0.4, 0.5) is 10.1 Å². The van der Waals surface area contributed by atoms with Crippen LogP contribution in [-0.2, 0) is 9.53 Å². The van der Waals surface area contributed by atoms with Gasteiger partial charge in [0.1, 0.15) is 12.2 Å². The van der Waals surface area contributed by atoms with Gasteiger partial charge in [-0.25, -0.2) is 9.18 Å². The second kappa shape index (κ2) is 11.3. The van der Waals surface area contributed by atoms with Gasteiger partial charge >= 0.3 is 5.97 Å². The van der Waals surface area contributed by atoms with Gasteiger partial charge < -0.3 is 25.4 Å². The van der Waals surface area contributed by atoms with Crippen molar-refractivity contribution in [3.63, 3.8) is 0 Å². The average Bonchev–Trinajstić information content (AvgIpc) is 2.71. The van der Waals surface area contributed by atoms with Crippen molar-refractivity contribution in [3.05, 3.63) is 47.3 Å². The van der Waals surface area contributed by atoms with Crippen LogP contribution >= 0.6 is 0 Å². The predicted octanol–water partition coefficient (Wildman–Crippen LogP) is 1.83. The van der Waals surface area contributed by atoms with E-state index >= 15 is 0 Å². The summed E-state index contributed by atoms with van der Waals surface area (Å²) < 4.78 is 19.1. The number of rotatable bonds is 1. The molecule has 8 heteroatoms. The van der Waals surface area contributed by atoms with E-state index in [1.807, 2.05) is 0 Å². The number of cyclic esters (lactones) is 1. The van der Waals surface area contributed by atoms with Crippen molar-refractivity contribution in [2.24, 2.45) is 0 Å². The third-order valence-electron chi connectivity index (χ3n) is 4.04. The SMILES string of the molecule is CNc1ccc2c(c1)/C=C/CC(O)C(O)C(=O)/C(F)=C\CC(C)OC2=O.CO. The summed E-state index contributed by atoms with van der Waals surface area (Å²) in [5.74, 6) is -2.93. The van der Waals surface area contributed by atoms with Gasteiger partial charge in [0, 0.05) is 26.3 Å². The molecule has 0 bridgehead atoms. The van der Waals surface area contributed by atoms with E-state index < -0.39 is 35.9 Å². The zero-order chi connectivity index (χ0) is 21.3. The highest BCUT2D eigenvalue weighted by Gasteiger charge is 2.27. The summed E-state index contributed by atoms with van der Waals surface area (Å²) in [5, 5.41) is 29.7. The normalized spacial score (nSPS) is 26.4. The molecule has 1 heterocycles. The van der Waals surface area contributed by atoms with E-state index in [0.29, 0.717) is 11.1 Å². The molecular formula is C20H26FNO6. The summed E-state index contributed by atoms with van der Waals surface area (Å²) in [6.07, 6.45) is -0.0824. The molecule has 1 aromatic carbocycles. The Kier molecular flexibility index (Phi) is 9.50. The number of carbonyl (C=O) groups is 2. The third-order valence-corrected chi connectivity index (χ3v) is 4.04. The van der Waals surface area contributed by atoms with E-state index in [1.165, 1.54) is 6.08 Å². The molecule has 0 aromatic heterocycles. The molecule has 0 spiro atoms. The number of anilines is 1. The number of benzene rings is 1. The molecule has 0 amide bonds. The van der Waals surface area contributed by atoms with Crippen LogP contribution in [0.5, 0.6) is 0 Å². The summed E-state index contributed by atoms with van der Waals surface area (Å²) in [6.45, 7) is 1.57. The van der Waals surface area contributed by atoms with Crippen molar-refractivity contribution in [1.29, 1.82) is 0 Å². The summed E-state index contributed by atoms with van der Waals surface area (Å²) in [7, 11) is 2.74. The lowest BCUT2D eigenvalue weighted by molar-refractivity contribution is -0.130. The molecule has 3 unspecified atom stereocenters. The van der Waals surface area contributed by atoms with Gasteiger partial charge in [-0.05, 0) is 43.2 Å². The van der Waals surface area contributed by atoms with Gasteiger partial charge in [0.05, 0.1) is 11.7 Å². The second-order valence-corrected chi connectivity index (χ2v) is 6.07. The maximum atomic E-state index is 13.8. The number of ether oxygens (including phenoxy) is 1. The Hall–Kier alpha value is -2.55. The van der Waals surface area contributed by atoms with E-state index in [4.69, 9.17) is 9.84 Å². The van der Waals surface area contributed by atoms with Crippen LogP contribution in [0.3, 0.4) is 0 Å². The number of fused-ring (bicyclic) bond motifs is 1. The molecule has 28 heavy (non-hydrogen) atoms. The molecule has 1 aromatic rings. The number of hydrogen-bond acceptors (Lipinski definition) is 7. The van der Waals surface area contributed by atoms with Gasteiger partial charge in [-0.3, -0.25) is 4.79 Å². The van der Waals surface area contributed by atoms with Crippen molar-refractivity contribution < 1.29 is 34.0 Å². The number of halogens is 1. The number of Topliss-reactive ketones (excluding diaryl/α,β-unsaturated/α-hetero) is 1. The maximum Gasteiger partial charge on any atom is 0.339 e. The zero-order valence-electron chi connectivity index (χ0n) is 16.1. The smallest absolute Gasteiger partial charge is 0.339 e. The van der Waals surface area contributed by atoms with Crippen LogP contribution in [0, 0.1) is 0 Å². The summed E-state index contributed by atoms with van der Waals surface area (Å²) in [4.78, 5) is 24.2. The minimum atomic E-state index is -1.86. The average molecular weight is 395 g/mol. The van der Waals surface area contributed by atoms with Gasteiger partial charge in [0.2, 0.25) is 5.78 Å². The van der Waals surface area contributed by atoms with Gasteiger partial charge in [0.25, 0.3) is 0 Å². The largest absolute Gasteiger partial charge is 0.459 e. The molecule has 0 saturated carbocycles. The van der Waals surface area contributed by atoms with E-state index in [-0.39, 0.29) is 12.8 Å². The van der Waals surface area contributed by atoms with Crippen LogP contribution in [0.25, 0.3) is 6.08 Å². The van der Waals surface area contributed by atoms with Gasteiger partial charge in [-0.15, -0.1) is 0 Å². The number of hydrogen-bond donors (Lipinski definition) is 4. The van der Waals surface area contributed by atoms with Crippen molar-refractivity contribution in [2.75, 3.05) is 19.5 Å². The fraction of sp³-hybridized carbons (Fsp3) is 0.400. The molecule has 0 saturated heterocycles. The lowest BCUT2D eigenvalue weighted by atomic mass is 10.0. The summed E-state index contributed by atoms with van der Waals surface area (Å²) in [5.41, 5.74) is 1.65. The zero-order valence-corrected chi connectivity index (χ0v) is 16.1. The highest BCUT2D eigenvalue weighted by atomic mass is 19.1. The van der Waals surface area contributed by atoms with Crippen LogP contribution in [-0.4, -0.2) is 59.5 Å². The number of esters is 1. The number of ketones is 1. The number of carbonyl (C=O) groups excluding carboxylic acids is 2. The van der Waals surface area contributed by atoms with E-state index in [0.717, 1.165) is 18.9 Å². The quantitative estimate of drug-likeness (QED) is 0.536. The third kappa shape index (κ3) is 6.26. The maximum absolute atomic E-state index is 13.8. The first-order valence-corrected chi connectivity index (χ1v) is 8.73. The molecule has 4 N–H and O–H groups in total. The van der Waals surface area contributed by atoms with Gasteiger partial charge in [0.15, 0.2) is 5.83 Å². The van der Waals surface area contributed by atoms with Crippen LogP contribution in [0.15, 0.2) is 36.2 Å². The molecule has 7 nitrogen and oxygen atoms in total. The molecule has 0 radical (unpaired) electrons. The molecule has 154 valence electrons. The van der Waals surface area contributed by atoms with Gasteiger partial charge in [-0.2, -0.15) is 0 Å². The first kappa shape index (κ1) is 23.5. The second-order valence-electron chi connectivity index (χ2n) is 6.07. The monoisotopic (exact) mass is 395 g/mol. The van der Waals surface area contributed by atoms with E-state index in [2.05, 4.69) is 5.32 Å².